The number of hydrogen-bond donors (Lipinski definition) is 3. The summed E-state index contributed by atoms with van der Waals surface area (Å²) in [5.74, 6) is 0. The van der Waals surface area contributed by atoms with E-state index in [2.05, 4.69) is 5.32 Å². The molecule has 4 N–H and O–H groups in total. The van der Waals surface area contributed by atoms with E-state index in [9.17, 15) is 0 Å². The minimum absolute atomic E-state index is 0.677. The third-order valence-electron chi connectivity index (χ3n) is 1.46. The van der Waals surface area contributed by atoms with E-state index in [0.717, 1.165) is 25.1 Å². The summed E-state index contributed by atoms with van der Waals surface area (Å²) in [4.78, 5) is 0. The highest BCUT2D eigenvalue weighted by Crippen LogP contribution is 2.01. The zero-order valence-electron chi connectivity index (χ0n) is 5.28. The molecular weight excluding hydrogens is 114 g/mol. The molecule has 1 aliphatic rings. The van der Waals surface area contributed by atoms with Crippen molar-refractivity contribution in [2.24, 2.45) is 5.73 Å². The van der Waals surface area contributed by atoms with Gasteiger partial charge in [-0.3, -0.25) is 0 Å². The number of nitrogens with two attached hydrogens (primary N) is 1. The molecule has 0 aromatic rings. The van der Waals surface area contributed by atoms with Gasteiger partial charge in [-0.25, -0.2) is 0 Å². The standard InChI is InChI=1S/C6H11N3/c7-3-5-4-9-2-1-6(5)8/h3,8-9H,1-2,4,7H2. The maximum absolute atomic E-state index is 7.36. The van der Waals surface area contributed by atoms with Gasteiger partial charge in [-0.2, -0.15) is 0 Å². The SMILES string of the molecule is N=C1CCNCC1=CN. The molecule has 0 aromatic heterocycles. The lowest BCUT2D eigenvalue weighted by Gasteiger charge is -2.15. The molecule has 0 radical (unpaired) electrons. The Kier molecular flexibility index (Phi) is 1.85. The first-order valence-electron chi connectivity index (χ1n) is 3.04. The Morgan fingerprint density at radius 3 is 2.89 bits per heavy atom. The first-order valence-corrected chi connectivity index (χ1v) is 3.04. The van der Waals surface area contributed by atoms with Crippen LogP contribution in [0.3, 0.4) is 0 Å². The number of nitrogens with one attached hydrogen (secondary N) is 2. The van der Waals surface area contributed by atoms with Crippen LogP contribution < -0.4 is 11.1 Å². The fourth-order valence-electron chi connectivity index (χ4n) is 0.863. The third-order valence-corrected chi connectivity index (χ3v) is 1.46. The van der Waals surface area contributed by atoms with Crippen molar-refractivity contribution in [3.8, 4) is 0 Å². The van der Waals surface area contributed by atoms with Crippen LogP contribution in [0.1, 0.15) is 6.42 Å². The van der Waals surface area contributed by atoms with Gasteiger partial charge in [0, 0.05) is 37.0 Å². The fourth-order valence-corrected chi connectivity index (χ4v) is 0.863. The third kappa shape index (κ3) is 1.29. The van der Waals surface area contributed by atoms with Crippen molar-refractivity contribution in [3.63, 3.8) is 0 Å². The molecule has 0 saturated carbocycles. The van der Waals surface area contributed by atoms with Crippen molar-refractivity contribution in [2.45, 2.75) is 6.42 Å². The summed E-state index contributed by atoms with van der Waals surface area (Å²) in [5.41, 5.74) is 6.86. The molecule has 0 aromatic carbocycles. The van der Waals surface area contributed by atoms with Crippen LogP contribution in [0.15, 0.2) is 11.8 Å². The van der Waals surface area contributed by atoms with E-state index in [1.165, 1.54) is 6.20 Å². The Labute approximate surface area is 54.4 Å². The van der Waals surface area contributed by atoms with Crippen LogP contribution in [0.5, 0.6) is 0 Å². The highest BCUT2D eigenvalue weighted by Gasteiger charge is 2.08. The maximum Gasteiger partial charge on any atom is 0.0385 e. The molecule has 3 nitrogen and oxygen atoms in total. The Morgan fingerprint density at radius 1 is 1.67 bits per heavy atom. The minimum atomic E-state index is 0.677. The van der Waals surface area contributed by atoms with E-state index in [4.69, 9.17) is 11.1 Å². The predicted octanol–water partition coefficient (Wildman–Crippen LogP) is -0.158. The molecule has 1 saturated heterocycles. The first kappa shape index (κ1) is 6.29. The van der Waals surface area contributed by atoms with Crippen LogP contribution in [0.4, 0.5) is 0 Å². The van der Waals surface area contributed by atoms with E-state index in [0.29, 0.717) is 5.71 Å². The second kappa shape index (κ2) is 2.64. The molecule has 0 atom stereocenters. The van der Waals surface area contributed by atoms with Crippen molar-refractivity contribution in [1.82, 2.24) is 5.32 Å². The van der Waals surface area contributed by atoms with Crippen molar-refractivity contribution in [3.05, 3.63) is 11.8 Å². The minimum Gasteiger partial charge on any atom is -0.404 e. The van der Waals surface area contributed by atoms with E-state index < -0.39 is 0 Å². The molecular formula is C6H11N3. The molecule has 50 valence electrons. The average molecular weight is 125 g/mol. The lowest BCUT2D eigenvalue weighted by atomic mass is 10.1. The molecule has 1 heterocycles. The molecule has 1 fully saturated rings. The van der Waals surface area contributed by atoms with Gasteiger partial charge in [0.15, 0.2) is 0 Å². The van der Waals surface area contributed by atoms with Crippen molar-refractivity contribution in [2.75, 3.05) is 13.1 Å². The molecule has 0 aliphatic carbocycles. The Morgan fingerprint density at radius 2 is 2.44 bits per heavy atom. The summed E-state index contributed by atoms with van der Waals surface area (Å²) in [6.07, 6.45) is 2.32. The number of piperidine rings is 1. The summed E-state index contributed by atoms with van der Waals surface area (Å²) < 4.78 is 0. The number of hydrogen-bond acceptors (Lipinski definition) is 3. The van der Waals surface area contributed by atoms with Crippen LogP contribution in [-0.2, 0) is 0 Å². The normalized spacial score (nSPS) is 24.9. The van der Waals surface area contributed by atoms with Gasteiger partial charge in [-0.15, -0.1) is 0 Å². The van der Waals surface area contributed by atoms with E-state index in [1.54, 1.807) is 0 Å². The predicted molar refractivity (Wildman–Crippen MR) is 37.5 cm³/mol. The van der Waals surface area contributed by atoms with Crippen molar-refractivity contribution < 1.29 is 0 Å². The zero-order chi connectivity index (χ0) is 6.69. The summed E-state index contributed by atoms with van der Waals surface area (Å²) in [7, 11) is 0. The molecule has 3 heteroatoms. The zero-order valence-corrected chi connectivity index (χ0v) is 5.28. The van der Waals surface area contributed by atoms with E-state index in [1.807, 2.05) is 0 Å². The van der Waals surface area contributed by atoms with Crippen molar-refractivity contribution >= 4 is 5.71 Å². The average Bonchev–Trinajstić information content (AvgIpc) is 1.89. The second-order valence-corrected chi connectivity index (χ2v) is 2.10. The summed E-state index contributed by atoms with van der Waals surface area (Å²) in [6.45, 7) is 1.67. The molecule has 1 rings (SSSR count). The molecule has 0 amide bonds. The fraction of sp³-hybridized carbons (Fsp3) is 0.500. The van der Waals surface area contributed by atoms with Gasteiger partial charge in [0.1, 0.15) is 0 Å². The molecule has 1 aliphatic heterocycles. The first-order chi connectivity index (χ1) is 4.34. The second-order valence-electron chi connectivity index (χ2n) is 2.10. The number of rotatable bonds is 0. The maximum atomic E-state index is 7.36. The lowest BCUT2D eigenvalue weighted by molar-refractivity contribution is 0.726. The van der Waals surface area contributed by atoms with Crippen molar-refractivity contribution in [1.29, 1.82) is 5.41 Å². The van der Waals surface area contributed by atoms with Gasteiger partial charge in [-0.1, -0.05) is 0 Å². The van der Waals surface area contributed by atoms with Gasteiger partial charge < -0.3 is 16.5 Å². The van der Waals surface area contributed by atoms with Crippen LogP contribution in [0.2, 0.25) is 0 Å². The topological polar surface area (TPSA) is 61.9 Å². The molecule has 0 spiro atoms. The Hall–Kier alpha value is -0.830. The van der Waals surface area contributed by atoms with Crippen LogP contribution in [0.25, 0.3) is 0 Å². The van der Waals surface area contributed by atoms with E-state index in [-0.39, 0.29) is 0 Å². The lowest BCUT2D eigenvalue weighted by Crippen LogP contribution is -2.30. The summed E-state index contributed by atoms with van der Waals surface area (Å²) >= 11 is 0. The quantitative estimate of drug-likeness (QED) is 0.421. The van der Waals surface area contributed by atoms with Crippen LogP contribution in [-0.4, -0.2) is 18.8 Å². The van der Waals surface area contributed by atoms with Gasteiger partial charge in [0.25, 0.3) is 0 Å². The molecule has 0 unspecified atom stereocenters. The highest BCUT2D eigenvalue weighted by atomic mass is 14.9. The van der Waals surface area contributed by atoms with Crippen LogP contribution >= 0.6 is 0 Å². The summed E-state index contributed by atoms with van der Waals surface area (Å²) in [6, 6.07) is 0. The monoisotopic (exact) mass is 125 g/mol. The Balaban J connectivity index is 2.60. The molecule has 9 heavy (non-hydrogen) atoms. The smallest absolute Gasteiger partial charge is 0.0385 e. The van der Waals surface area contributed by atoms with Crippen LogP contribution in [0, 0.1) is 5.41 Å². The van der Waals surface area contributed by atoms with E-state index >= 15 is 0 Å². The van der Waals surface area contributed by atoms with Gasteiger partial charge in [-0.05, 0) is 0 Å². The Bertz CT molecular complexity index is 148. The highest BCUT2D eigenvalue weighted by molar-refractivity contribution is 5.98. The summed E-state index contributed by atoms with van der Waals surface area (Å²) in [5, 5.41) is 10.5. The van der Waals surface area contributed by atoms with Gasteiger partial charge >= 0.3 is 0 Å². The van der Waals surface area contributed by atoms with Gasteiger partial charge in [0.2, 0.25) is 0 Å². The largest absolute Gasteiger partial charge is 0.404 e. The van der Waals surface area contributed by atoms with Gasteiger partial charge in [0.05, 0.1) is 0 Å². The molecule has 0 bridgehead atoms.